The third-order valence-corrected chi connectivity index (χ3v) is 7.93. The van der Waals surface area contributed by atoms with E-state index in [0.29, 0.717) is 11.1 Å². The van der Waals surface area contributed by atoms with Gasteiger partial charge in [-0.15, -0.1) is 20.4 Å². The van der Waals surface area contributed by atoms with Crippen LogP contribution in [0.4, 0.5) is 0 Å². The Kier molecular flexibility index (Phi) is 8.77. The lowest BCUT2D eigenvalue weighted by atomic mass is 10.2. The number of nitriles is 2. The molecule has 2 heterocycles. The standard InChI is InChI=1S/C26H26N8S2/c1-33-23(29-31-25(33)35-17-21-9-5-7-19(13-21)15-27)11-3-4-12-24-30-32-26(34(24)2)36-18-22-10-6-8-20(14-22)16-28/h5-10,13-14H,3-4,11-12,17-18H2,1-2H3. The van der Waals surface area contributed by atoms with Crippen molar-refractivity contribution in [3.8, 4) is 12.1 Å². The second kappa shape index (κ2) is 12.4. The van der Waals surface area contributed by atoms with Crippen molar-refractivity contribution in [2.45, 2.75) is 47.5 Å². The summed E-state index contributed by atoms with van der Waals surface area (Å²) in [7, 11) is 4.00. The zero-order chi connectivity index (χ0) is 25.3. The largest absolute Gasteiger partial charge is 0.309 e. The Labute approximate surface area is 219 Å². The zero-order valence-corrected chi connectivity index (χ0v) is 21.9. The fourth-order valence-electron chi connectivity index (χ4n) is 3.70. The zero-order valence-electron chi connectivity index (χ0n) is 20.3. The van der Waals surface area contributed by atoms with Crippen LogP contribution in [0.3, 0.4) is 0 Å². The first-order valence-electron chi connectivity index (χ1n) is 11.6. The van der Waals surface area contributed by atoms with Gasteiger partial charge in [0.15, 0.2) is 10.3 Å². The summed E-state index contributed by atoms with van der Waals surface area (Å²) in [6.07, 6.45) is 3.67. The number of nitrogens with zero attached hydrogens (tertiary/aromatic N) is 8. The lowest BCUT2D eigenvalue weighted by molar-refractivity contribution is 0.635. The van der Waals surface area contributed by atoms with Crippen LogP contribution in [0.15, 0.2) is 58.8 Å². The summed E-state index contributed by atoms with van der Waals surface area (Å²) in [5, 5.41) is 37.3. The molecule has 0 amide bonds. The van der Waals surface area contributed by atoms with Crippen LogP contribution in [0.5, 0.6) is 0 Å². The van der Waals surface area contributed by atoms with Crippen LogP contribution in [0.1, 0.15) is 46.7 Å². The Balaban J connectivity index is 1.23. The van der Waals surface area contributed by atoms with Crippen molar-refractivity contribution >= 4 is 23.5 Å². The normalized spacial score (nSPS) is 10.8. The lowest BCUT2D eigenvalue weighted by Crippen LogP contribution is -2.02. The quantitative estimate of drug-likeness (QED) is 0.207. The van der Waals surface area contributed by atoms with E-state index in [2.05, 4.69) is 41.7 Å². The number of benzene rings is 2. The first-order valence-corrected chi connectivity index (χ1v) is 13.5. The van der Waals surface area contributed by atoms with E-state index in [4.69, 9.17) is 10.5 Å². The topological polar surface area (TPSA) is 109 Å². The number of aromatic nitrogens is 6. The monoisotopic (exact) mass is 514 g/mol. The molecule has 10 heteroatoms. The van der Waals surface area contributed by atoms with Gasteiger partial charge < -0.3 is 9.13 Å². The average molecular weight is 515 g/mol. The molecule has 8 nitrogen and oxygen atoms in total. The minimum atomic E-state index is 0.672. The molecule has 0 unspecified atom stereocenters. The van der Waals surface area contributed by atoms with E-state index >= 15 is 0 Å². The molecule has 0 atom stereocenters. The lowest BCUT2D eigenvalue weighted by Gasteiger charge is -2.06. The molecule has 0 spiro atoms. The Morgan fingerprint density at radius 2 is 1.14 bits per heavy atom. The summed E-state index contributed by atoms with van der Waals surface area (Å²) < 4.78 is 4.11. The van der Waals surface area contributed by atoms with Crippen LogP contribution in [-0.4, -0.2) is 29.5 Å². The maximum absolute atomic E-state index is 9.07. The minimum Gasteiger partial charge on any atom is -0.309 e. The molecular weight excluding hydrogens is 488 g/mol. The Morgan fingerprint density at radius 1 is 0.694 bits per heavy atom. The highest BCUT2D eigenvalue weighted by molar-refractivity contribution is 7.98. The number of hydrogen-bond donors (Lipinski definition) is 0. The summed E-state index contributed by atoms with van der Waals surface area (Å²) in [6.45, 7) is 0. The van der Waals surface area contributed by atoms with Crippen molar-refractivity contribution < 1.29 is 0 Å². The summed E-state index contributed by atoms with van der Waals surface area (Å²) in [4.78, 5) is 0. The van der Waals surface area contributed by atoms with Crippen LogP contribution < -0.4 is 0 Å². The minimum absolute atomic E-state index is 0.672. The van der Waals surface area contributed by atoms with Crippen LogP contribution in [0, 0.1) is 22.7 Å². The maximum atomic E-state index is 9.07. The van der Waals surface area contributed by atoms with Gasteiger partial charge in [0.25, 0.3) is 0 Å². The first kappa shape index (κ1) is 25.5. The highest BCUT2D eigenvalue weighted by Crippen LogP contribution is 2.23. The van der Waals surface area contributed by atoms with Gasteiger partial charge in [0, 0.05) is 38.4 Å². The maximum Gasteiger partial charge on any atom is 0.191 e. The third-order valence-electron chi connectivity index (χ3n) is 5.75. The molecule has 36 heavy (non-hydrogen) atoms. The van der Waals surface area contributed by atoms with Gasteiger partial charge in [-0.25, -0.2) is 0 Å². The van der Waals surface area contributed by atoms with Gasteiger partial charge in [0.2, 0.25) is 0 Å². The molecule has 0 saturated heterocycles. The van der Waals surface area contributed by atoms with Crippen LogP contribution in [0.2, 0.25) is 0 Å². The van der Waals surface area contributed by atoms with Gasteiger partial charge in [-0.2, -0.15) is 10.5 Å². The SMILES string of the molecule is Cn1c(CCCCc2nnc(SCc3cccc(C#N)c3)n2C)nnc1SCc1cccc(C#N)c1. The molecular formula is C26H26N8S2. The van der Waals surface area contributed by atoms with E-state index in [-0.39, 0.29) is 0 Å². The smallest absolute Gasteiger partial charge is 0.191 e. The molecule has 0 aliphatic carbocycles. The molecule has 0 aliphatic heterocycles. The summed E-state index contributed by atoms with van der Waals surface area (Å²) >= 11 is 3.25. The van der Waals surface area contributed by atoms with Crippen molar-refractivity contribution in [1.29, 1.82) is 10.5 Å². The van der Waals surface area contributed by atoms with Gasteiger partial charge >= 0.3 is 0 Å². The van der Waals surface area contributed by atoms with Gasteiger partial charge in [-0.1, -0.05) is 47.8 Å². The van der Waals surface area contributed by atoms with Crippen molar-refractivity contribution in [2.75, 3.05) is 0 Å². The van der Waals surface area contributed by atoms with E-state index in [0.717, 1.165) is 70.3 Å². The summed E-state index contributed by atoms with van der Waals surface area (Å²) in [5.41, 5.74) is 3.54. The molecule has 0 fully saturated rings. The summed E-state index contributed by atoms with van der Waals surface area (Å²) in [5.74, 6) is 3.43. The molecule has 4 aromatic rings. The van der Waals surface area contributed by atoms with E-state index in [9.17, 15) is 0 Å². The van der Waals surface area contributed by atoms with Crippen molar-refractivity contribution in [3.05, 3.63) is 82.4 Å². The second-order valence-corrected chi connectivity index (χ2v) is 10.2. The van der Waals surface area contributed by atoms with E-state index in [1.807, 2.05) is 62.6 Å². The fourth-order valence-corrected chi connectivity index (χ4v) is 5.45. The van der Waals surface area contributed by atoms with Crippen LogP contribution >= 0.6 is 23.5 Å². The van der Waals surface area contributed by atoms with Crippen LogP contribution in [-0.2, 0) is 38.4 Å². The molecule has 182 valence electrons. The van der Waals surface area contributed by atoms with Crippen molar-refractivity contribution in [1.82, 2.24) is 29.5 Å². The molecule has 0 N–H and O–H groups in total. The molecule has 0 aliphatic rings. The summed E-state index contributed by atoms with van der Waals surface area (Å²) in [6, 6.07) is 19.7. The Morgan fingerprint density at radius 3 is 1.56 bits per heavy atom. The highest BCUT2D eigenvalue weighted by atomic mass is 32.2. The van der Waals surface area contributed by atoms with Crippen molar-refractivity contribution in [3.63, 3.8) is 0 Å². The van der Waals surface area contributed by atoms with Gasteiger partial charge in [-0.05, 0) is 48.2 Å². The molecule has 2 aromatic heterocycles. The van der Waals surface area contributed by atoms with Gasteiger partial charge in [-0.3, -0.25) is 0 Å². The third kappa shape index (κ3) is 6.54. The van der Waals surface area contributed by atoms with E-state index in [1.54, 1.807) is 23.5 Å². The Bertz CT molecular complexity index is 1300. The van der Waals surface area contributed by atoms with E-state index < -0.39 is 0 Å². The first-order chi connectivity index (χ1) is 17.6. The average Bonchev–Trinajstić information content (AvgIpc) is 3.45. The molecule has 2 aromatic carbocycles. The Hall–Kier alpha value is -3.60. The predicted molar refractivity (Wildman–Crippen MR) is 140 cm³/mol. The second-order valence-electron chi connectivity index (χ2n) is 8.32. The fraction of sp³-hybridized carbons (Fsp3) is 0.308. The molecule has 0 saturated carbocycles. The van der Waals surface area contributed by atoms with Crippen LogP contribution in [0.25, 0.3) is 0 Å². The number of rotatable bonds is 11. The molecule has 4 rings (SSSR count). The van der Waals surface area contributed by atoms with E-state index in [1.165, 1.54) is 0 Å². The predicted octanol–water partition coefficient (Wildman–Crippen LogP) is 4.84. The number of hydrogen-bond acceptors (Lipinski definition) is 8. The van der Waals surface area contributed by atoms with Gasteiger partial charge in [0.05, 0.1) is 23.3 Å². The van der Waals surface area contributed by atoms with Gasteiger partial charge in [0.1, 0.15) is 11.6 Å². The number of aryl methyl sites for hydroxylation is 2. The molecule has 0 bridgehead atoms. The highest BCUT2D eigenvalue weighted by Gasteiger charge is 2.12. The van der Waals surface area contributed by atoms with Crippen molar-refractivity contribution in [2.24, 2.45) is 14.1 Å². The number of thioether (sulfide) groups is 2. The molecule has 0 radical (unpaired) electrons. The number of unbranched alkanes of at least 4 members (excludes halogenated alkanes) is 1.